The predicted molar refractivity (Wildman–Crippen MR) is 192 cm³/mol. The monoisotopic (exact) mass is 620 g/mol. The first-order valence-corrected chi connectivity index (χ1v) is 18.9. The van der Waals surface area contributed by atoms with Crippen molar-refractivity contribution in [3.05, 3.63) is 108 Å². The third kappa shape index (κ3) is 5.04. The van der Waals surface area contributed by atoms with Crippen LogP contribution in [0.25, 0.3) is 33.4 Å². The number of thioether (sulfide) groups is 1. The van der Waals surface area contributed by atoms with E-state index in [0.29, 0.717) is 5.92 Å². The van der Waals surface area contributed by atoms with E-state index >= 15 is 0 Å². The van der Waals surface area contributed by atoms with Gasteiger partial charge in [0.05, 0.1) is 11.6 Å². The maximum absolute atomic E-state index is 9.99. The van der Waals surface area contributed by atoms with Gasteiger partial charge < -0.3 is 0 Å². The summed E-state index contributed by atoms with van der Waals surface area (Å²) in [5.41, 5.74) is 9.30. The molecular weight excluding hydrogens is 577 g/mol. The van der Waals surface area contributed by atoms with Crippen molar-refractivity contribution in [2.45, 2.75) is 98.8 Å². The number of hydrogen-bond acceptors (Lipinski definition) is 3. The van der Waals surface area contributed by atoms with Crippen LogP contribution in [0.1, 0.15) is 81.3 Å². The van der Waals surface area contributed by atoms with Crippen LogP contribution in [0, 0.1) is 23.2 Å². The lowest BCUT2D eigenvalue weighted by molar-refractivity contribution is 0.0606. The second kappa shape index (κ2) is 12.0. The summed E-state index contributed by atoms with van der Waals surface area (Å²) in [4.78, 5) is 3.17. The van der Waals surface area contributed by atoms with Crippen LogP contribution in [0.5, 0.6) is 0 Å². The first kappa shape index (κ1) is 28.9. The van der Waals surface area contributed by atoms with Crippen LogP contribution in [0.2, 0.25) is 0 Å². The Morgan fingerprint density at radius 1 is 0.565 bits per heavy atom. The highest BCUT2D eigenvalue weighted by atomic mass is 32.2. The van der Waals surface area contributed by atoms with E-state index in [1.54, 1.807) is 0 Å². The van der Waals surface area contributed by atoms with Crippen molar-refractivity contribution < 1.29 is 0 Å². The Bertz CT molecular complexity index is 1760. The first-order valence-electron chi connectivity index (χ1n) is 18.0. The van der Waals surface area contributed by atoms with Gasteiger partial charge in [-0.15, -0.1) is 0 Å². The zero-order valence-corrected chi connectivity index (χ0v) is 27.5. The second-order valence-electron chi connectivity index (χ2n) is 14.8. The van der Waals surface area contributed by atoms with E-state index in [1.165, 1.54) is 86.5 Å². The van der Waals surface area contributed by atoms with Crippen molar-refractivity contribution in [2.24, 2.45) is 11.8 Å². The van der Waals surface area contributed by atoms with E-state index in [-0.39, 0.29) is 0 Å². The largest absolute Gasteiger partial charge is 0.292 e. The molecule has 5 fully saturated rings. The third-order valence-corrected chi connectivity index (χ3v) is 14.2. The molecule has 46 heavy (non-hydrogen) atoms. The average molecular weight is 621 g/mol. The second-order valence-corrected chi connectivity index (χ2v) is 16.3. The van der Waals surface area contributed by atoms with Crippen LogP contribution in [0.15, 0.2) is 97.1 Å². The van der Waals surface area contributed by atoms with Gasteiger partial charge in [-0.25, -0.2) is 0 Å². The molecule has 3 aliphatic carbocycles. The minimum Gasteiger partial charge on any atom is -0.292 e. The van der Waals surface area contributed by atoms with Crippen LogP contribution in [0.3, 0.4) is 0 Å². The van der Waals surface area contributed by atoms with Crippen LogP contribution in [-0.2, 0) is 0 Å². The Morgan fingerprint density at radius 3 is 2.11 bits per heavy atom. The Hall–Kier alpha value is -3.32. The topological polar surface area (TPSA) is 27.0 Å². The molecule has 0 aromatic heterocycles. The lowest BCUT2D eigenvalue weighted by atomic mass is 9.69. The minimum atomic E-state index is 0.641. The third-order valence-electron chi connectivity index (χ3n) is 12.5. The molecule has 2 nitrogen and oxygen atoms in total. The molecule has 3 saturated carbocycles. The predicted octanol–water partition coefficient (Wildman–Crippen LogP) is 10.7. The Balaban J connectivity index is 0.986. The van der Waals surface area contributed by atoms with Crippen molar-refractivity contribution in [1.29, 1.82) is 5.26 Å². The molecular formula is C43H44N2S. The lowest BCUT2D eigenvalue weighted by Gasteiger charge is -2.53. The molecule has 0 amide bonds. The lowest BCUT2D eigenvalue weighted by Crippen LogP contribution is -2.59. The molecule has 232 valence electrons. The van der Waals surface area contributed by atoms with Crippen LogP contribution < -0.4 is 0 Å². The molecule has 5 aliphatic rings. The molecule has 3 heteroatoms. The number of fused-ring (bicyclic) bond motifs is 5. The molecule has 0 radical (unpaired) electrons. The van der Waals surface area contributed by atoms with Crippen molar-refractivity contribution >= 4 is 11.8 Å². The number of benzene rings is 4. The fourth-order valence-electron chi connectivity index (χ4n) is 10.5. The van der Waals surface area contributed by atoms with E-state index in [0.717, 1.165) is 62.7 Å². The maximum Gasteiger partial charge on any atom is 0.0992 e. The van der Waals surface area contributed by atoms with Crippen molar-refractivity contribution in [2.75, 3.05) is 0 Å². The fraction of sp³-hybridized carbons (Fsp3) is 0.419. The minimum absolute atomic E-state index is 0.641. The Kier molecular flexibility index (Phi) is 7.56. The normalized spacial score (nSPS) is 31.7. The van der Waals surface area contributed by atoms with E-state index in [1.807, 2.05) is 6.07 Å². The maximum atomic E-state index is 9.99. The highest BCUT2D eigenvalue weighted by Crippen LogP contribution is 2.59. The molecule has 4 aromatic carbocycles. The van der Waals surface area contributed by atoms with Gasteiger partial charge in [-0.3, -0.25) is 4.90 Å². The summed E-state index contributed by atoms with van der Waals surface area (Å²) in [5, 5.41) is 11.8. The molecule has 0 N–H and O–H groups in total. The Labute approximate surface area is 279 Å². The van der Waals surface area contributed by atoms with Gasteiger partial charge in [-0.1, -0.05) is 98.1 Å². The molecule has 0 bridgehead atoms. The van der Waals surface area contributed by atoms with Gasteiger partial charge in [0.1, 0.15) is 0 Å². The van der Waals surface area contributed by atoms with Gasteiger partial charge in [0, 0.05) is 28.6 Å². The average Bonchev–Trinajstić information content (AvgIpc) is 3.47. The molecule has 2 aliphatic heterocycles. The number of nitrogens with zero attached hydrogens (tertiary/aromatic N) is 2. The van der Waals surface area contributed by atoms with E-state index < -0.39 is 0 Å². The van der Waals surface area contributed by atoms with E-state index in [4.69, 9.17) is 0 Å². The van der Waals surface area contributed by atoms with Gasteiger partial charge in [0.2, 0.25) is 0 Å². The van der Waals surface area contributed by atoms with Gasteiger partial charge in [0.15, 0.2) is 0 Å². The molecule has 0 spiro atoms. The van der Waals surface area contributed by atoms with Crippen LogP contribution in [-0.4, -0.2) is 33.5 Å². The van der Waals surface area contributed by atoms with Crippen molar-refractivity contribution in [1.82, 2.24) is 4.90 Å². The molecule has 2 saturated heterocycles. The van der Waals surface area contributed by atoms with Gasteiger partial charge in [0.25, 0.3) is 0 Å². The van der Waals surface area contributed by atoms with Crippen LogP contribution in [0.4, 0.5) is 0 Å². The molecule has 4 aromatic rings. The van der Waals surface area contributed by atoms with Gasteiger partial charge in [-0.05, 0) is 120 Å². The molecule has 8 atom stereocenters. The zero-order chi connectivity index (χ0) is 30.6. The zero-order valence-electron chi connectivity index (χ0n) is 26.7. The van der Waals surface area contributed by atoms with Gasteiger partial charge in [-0.2, -0.15) is 17.0 Å². The Morgan fingerprint density at radius 2 is 1.28 bits per heavy atom. The quantitative estimate of drug-likeness (QED) is 0.227. The molecule has 8 unspecified atom stereocenters. The smallest absolute Gasteiger partial charge is 0.0992 e. The van der Waals surface area contributed by atoms with Crippen molar-refractivity contribution in [3.63, 3.8) is 0 Å². The number of hydrogen-bond donors (Lipinski definition) is 0. The molecule has 9 rings (SSSR count). The first-order chi connectivity index (χ1) is 22.7. The highest BCUT2D eigenvalue weighted by molar-refractivity contribution is 8.00. The fourth-order valence-corrected chi connectivity index (χ4v) is 12.5. The van der Waals surface area contributed by atoms with E-state index in [9.17, 15) is 5.26 Å². The summed E-state index contributed by atoms with van der Waals surface area (Å²) in [5.74, 6) is 2.42. The summed E-state index contributed by atoms with van der Waals surface area (Å²) in [6, 6.07) is 40.0. The summed E-state index contributed by atoms with van der Waals surface area (Å²) in [6.07, 6.45) is 14.2. The number of nitriles is 1. The van der Waals surface area contributed by atoms with E-state index in [2.05, 4.69) is 114 Å². The SMILES string of the molecule is N#Cc1cc(-c2ccc(-c3ccccc3)cc2)cc(-c2cccc(C3CCC4C(C3)C3CCCC5SC6CCCCC6N4C53)c2)c1. The molecule has 2 heterocycles. The number of rotatable bonds is 4. The summed E-state index contributed by atoms with van der Waals surface area (Å²) in [7, 11) is 0. The standard InChI is InChI=1S/C43H44N2S/c44-27-28-22-35(31-18-16-30(17-19-31)29-8-2-1-3-9-29)25-36(23-28)33-11-6-10-32(24-33)34-20-21-39-38(26-34)37-12-7-15-42-43(37)45(39)40-13-4-5-14-41(40)46-42/h1-3,6,8-11,16-19,22-25,34,37-43H,4-5,7,12-15,20-21,26H2. The summed E-state index contributed by atoms with van der Waals surface area (Å²) in [6.45, 7) is 0. The van der Waals surface area contributed by atoms with Crippen LogP contribution >= 0.6 is 11.8 Å². The summed E-state index contributed by atoms with van der Waals surface area (Å²) < 4.78 is 0. The van der Waals surface area contributed by atoms with Gasteiger partial charge >= 0.3 is 0 Å². The van der Waals surface area contributed by atoms with Crippen molar-refractivity contribution in [3.8, 4) is 39.4 Å². The summed E-state index contributed by atoms with van der Waals surface area (Å²) >= 11 is 2.43. The highest BCUT2D eigenvalue weighted by Gasteiger charge is 2.59.